The van der Waals surface area contributed by atoms with Crippen molar-refractivity contribution in [1.82, 2.24) is 0 Å². The number of carbonyl (C=O) groups excluding carboxylic acids is 6. The van der Waals surface area contributed by atoms with Crippen LogP contribution in [-0.4, -0.2) is 149 Å². The van der Waals surface area contributed by atoms with Gasteiger partial charge >= 0.3 is 113 Å². The van der Waals surface area contributed by atoms with Crippen LogP contribution in [-0.2, 0) is 28.8 Å². The van der Waals surface area contributed by atoms with Gasteiger partial charge in [0.25, 0.3) is 0 Å². The summed E-state index contributed by atoms with van der Waals surface area (Å²) in [5.74, 6) is -6.57. The number of carboxylic acid groups (broad SMARTS) is 6. The molecule has 0 amide bonds. The van der Waals surface area contributed by atoms with Gasteiger partial charge in [0, 0.05) is 35.8 Å². The molecule has 71 heavy (non-hydrogen) atoms. The molecule has 0 aliphatic rings. The molecule has 0 aromatic rings. The van der Waals surface area contributed by atoms with E-state index >= 15 is 0 Å². The Bertz CT molecular complexity index is 1050. The van der Waals surface area contributed by atoms with Gasteiger partial charge in [0.15, 0.2) is 0 Å². The Morgan fingerprint density at radius 1 is 0.268 bits per heavy atom. The SMILES string of the molecule is CC(=O)[O-].CC(=O)[O-].CCCCCCCCCCCCCCCCC(CCCCCCCC(=O)[O-])C(=O)[O-].CCCCCCCCCCCCCCCCC(CCCCCCCC(=O)[O-])C(=O)[O-].[Ca+2].[Ca+2].[Ca+2]. The van der Waals surface area contributed by atoms with Gasteiger partial charge in [-0.15, -0.1) is 0 Å². The molecule has 0 saturated carbocycles. The van der Waals surface area contributed by atoms with E-state index in [1.807, 2.05) is 0 Å². The molecule has 0 spiro atoms. The van der Waals surface area contributed by atoms with E-state index in [0.29, 0.717) is 25.7 Å². The number of hydrogen-bond acceptors (Lipinski definition) is 12. The number of aliphatic carboxylic acids is 6. The molecule has 0 rings (SSSR count). The topological polar surface area (TPSA) is 241 Å². The number of rotatable bonds is 48. The fourth-order valence-electron chi connectivity index (χ4n) is 8.31. The quantitative estimate of drug-likeness (QED) is 0.0419. The molecule has 0 radical (unpaired) electrons. The van der Waals surface area contributed by atoms with Crippen molar-refractivity contribution in [1.29, 1.82) is 0 Å². The number of hydrogen-bond donors (Lipinski definition) is 0. The van der Waals surface area contributed by atoms with Crippen LogP contribution in [0.25, 0.3) is 0 Å². The summed E-state index contributed by atoms with van der Waals surface area (Å²) in [6.07, 6.45) is 48.6. The summed E-state index contributed by atoms with van der Waals surface area (Å²) < 4.78 is 0. The molecule has 0 fully saturated rings. The van der Waals surface area contributed by atoms with Gasteiger partial charge in [-0.2, -0.15) is 0 Å². The fourth-order valence-corrected chi connectivity index (χ4v) is 8.31. The van der Waals surface area contributed by atoms with Crippen molar-refractivity contribution < 1.29 is 59.4 Å². The van der Waals surface area contributed by atoms with Crippen molar-refractivity contribution in [3.63, 3.8) is 0 Å². The van der Waals surface area contributed by atoms with E-state index in [1.54, 1.807) is 0 Å². The average molecular weight is 1090 g/mol. The van der Waals surface area contributed by atoms with Crippen molar-refractivity contribution in [3.05, 3.63) is 0 Å². The Kier molecular flexibility index (Phi) is 87.5. The van der Waals surface area contributed by atoms with Crippen molar-refractivity contribution in [2.24, 2.45) is 11.8 Å². The molecular formula is C56H102Ca3O12. The first kappa shape index (κ1) is 85.5. The van der Waals surface area contributed by atoms with Crippen LogP contribution >= 0.6 is 0 Å². The molecule has 2 atom stereocenters. The zero-order valence-corrected chi connectivity index (χ0v) is 52.9. The number of carboxylic acids is 6. The maximum absolute atomic E-state index is 11.3. The third-order valence-electron chi connectivity index (χ3n) is 12.3. The van der Waals surface area contributed by atoms with Crippen molar-refractivity contribution in [3.8, 4) is 0 Å². The molecule has 0 N–H and O–H groups in total. The maximum Gasteiger partial charge on any atom is 2.00 e. The second-order valence-corrected chi connectivity index (χ2v) is 19.1. The van der Waals surface area contributed by atoms with Gasteiger partial charge in [0.2, 0.25) is 0 Å². The first-order valence-electron chi connectivity index (χ1n) is 27.8. The zero-order valence-electron chi connectivity index (χ0n) is 46.3. The van der Waals surface area contributed by atoms with Gasteiger partial charge in [-0.1, -0.05) is 245 Å². The predicted octanol–water partition coefficient (Wildman–Crippen LogP) is 7.78. The van der Waals surface area contributed by atoms with Crippen LogP contribution in [0.5, 0.6) is 0 Å². The zero-order chi connectivity index (χ0) is 51.7. The molecular weight excluding hydrogens is 985 g/mol. The standard InChI is InChI=1S/2C26H50O4.2C2H4O2.3Ca/c2*1-2-3-4-5-6-7-8-9-10-11-12-13-15-18-21-24(26(29)30)22-19-16-14-17-20-23-25(27)28;2*1-2(3)4;;;/h2*24H,2-23H2,1H3,(H,27,28)(H,29,30);2*1H3,(H,3,4);;;/q;;;;3*+2/p-6. The van der Waals surface area contributed by atoms with E-state index in [9.17, 15) is 39.6 Å². The summed E-state index contributed by atoms with van der Waals surface area (Å²) in [5, 5.41) is 61.1. The normalized spacial score (nSPS) is 11.0. The summed E-state index contributed by atoms with van der Waals surface area (Å²) in [7, 11) is 0. The van der Waals surface area contributed by atoms with E-state index in [1.165, 1.54) is 154 Å². The summed E-state index contributed by atoms with van der Waals surface area (Å²) in [6, 6.07) is 0. The summed E-state index contributed by atoms with van der Waals surface area (Å²) in [4.78, 5) is 61.1. The monoisotopic (exact) mass is 1090 g/mol. The third kappa shape index (κ3) is 90.5. The molecule has 15 heteroatoms. The Balaban J connectivity index is -0.000000193. The molecule has 2 unspecified atom stereocenters. The Morgan fingerprint density at radius 2 is 0.408 bits per heavy atom. The molecule has 0 heterocycles. The van der Waals surface area contributed by atoms with Crippen molar-refractivity contribution in [2.45, 2.75) is 310 Å². The van der Waals surface area contributed by atoms with Crippen LogP contribution in [0, 0.1) is 11.8 Å². The Labute approximate surface area is 524 Å². The van der Waals surface area contributed by atoms with Crippen molar-refractivity contribution in [2.75, 3.05) is 0 Å². The van der Waals surface area contributed by atoms with Crippen LogP contribution in [0.1, 0.15) is 310 Å². The Morgan fingerprint density at radius 3 is 0.549 bits per heavy atom. The van der Waals surface area contributed by atoms with Crippen LogP contribution in [0.3, 0.4) is 0 Å². The molecule has 0 saturated heterocycles. The Hall–Kier alpha value is 0.599. The second kappa shape index (κ2) is 72.7. The maximum atomic E-state index is 11.3. The van der Waals surface area contributed by atoms with Gasteiger partial charge < -0.3 is 59.4 Å². The van der Waals surface area contributed by atoms with Crippen LogP contribution in [0.2, 0.25) is 0 Å². The molecule has 404 valence electrons. The van der Waals surface area contributed by atoms with Gasteiger partial charge in [0.1, 0.15) is 0 Å². The first-order valence-corrected chi connectivity index (χ1v) is 27.8. The summed E-state index contributed by atoms with van der Waals surface area (Å²) in [5.41, 5.74) is 0. The predicted molar refractivity (Wildman–Crippen MR) is 280 cm³/mol. The summed E-state index contributed by atoms with van der Waals surface area (Å²) >= 11 is 0. The third-order valence-corrected chi connectivity index (χ3v) is 12.3. The van der Waals surface area contributed by atoms with E-state index in [2.05, 4.69) is 13.8 Å². The summed E-state index contributed by atoms with van der Waals surface area (Å²) in [6.45, 7) is 6.47. The minimum Gasteiger partial charge on any atom is -0.550 e. The first-order chi connectivity index (χ1) is 32.6. The number of carbonyl (C=O) groups is 6. The minimum atomic E-state index is -1.08. The number of unbranched alkanes of at least 4 members (excludes halogenated alkanes) is 34. The molecule has 0 aliphatic heterocycles. The smallest absolute Gasteiger partial charge is 0.550 e. The van der Waals surface area contributed by atoms with Crippen LogP contribution in [0.15, 0.2) is 0 Å². The molecule has 12 nitrogen and oxygen atoms in total. The molecule has 0 bridgehead atoms. The van der Waals surface area contributed by atoms with Gasteiger partial charge in [-0.05, 0) is 77.0 Å². The van der Waals surface area contributed by atoms with Crippen LogP contribution < -0.4 is 30.6 Å². The molecule has 0 aliphatic carbocycles. The van der Waals surface area contributed by atoms with Crippen LogP contribution in [0.4, 0.5) is 0 Å². The van der Waals surface area contributed by atoms with Gasteiger partial charge in [-0.25, -0.2) is 0 Å². The largest absolute Gasteiger partial charge is 2.00 e. The fraction of sp³-hybridized carbons (Fsp3) is 0.893. The van der Waals surface area contributed by atoms with Gasteiger partial charge in [-0.3, -0.25) is 0 Å². The molecule has 0 aromatic carbocycles. The minimum absolute atomic E-state index is 0. The second-order valence-electron chi connectivity index (χ2n) is 19.1. The molecule has 0 aromatic heterocycles. The van der Waals surface area contributed by atoms with Crippen molar-refractivity contribution >= 4 is 149 Å². The average Bonchev–Trinajstić information content (AvgIpc) is 3.26. The van der Waals surface area contributed by atoms with E-state index in [4.69, 9.17) is 19.8 Å². The van der Waals surface area contributed by atoms with E-state index < -0.39 is 35.8 Å². The van der Waals surface area contributed by atoms with E-state index in [-0.39, 0.29) is 138 Å². The van der Waals surface area contributed by atoms with Gasteiger partial charge in [0.05, 0.1) is 0 Å². The van der Waals surface area contributed by atoms with E-state index in [0.717, 1.165) is 104 Å².